The summed E-state index contributed by atoms with van der Waals surface area (Å²) in [6.07, 6.45) is 2.70. The lowest BCUT2D eigenvalue weighted by Crippen LogP contribution is -2.48. The zero-order valence-corrected chi connectivity index (χ0v) is 12.9. The summed E-state index contributed by atoms with van der Waals surface area (Å²) in [7, 11) is 0. The van der Waals surface area contributed by atoms with E-state index in [2.05, 4.69) is 5.32 Å². The largest absolute Gasteiger partial charge is 0.388 e. The number of hydrogen-bond donors (Lipinski definition) is 2. The number of ether oxygens (including phenoxy) is 1. The first-order valence-electron chi connectivity index (χ1n) is 7.41. The number of aliphatic hydroxyl groups is 1. The highest BCUT2D eigenvalue weighted by Gasteiger charge is 2.32. The number of amides is 1. The van der Waals surface area contributed by atoms with E-state index in [1.807, 2.05) is 27.7 Å². The second-order valence-corrected chi connectivity index (χ2v) is 6.31. The lowest BCUT2D eigenvalue weighted by atomic mass is 9.87. The average molecular weight is 271 g/mol. The van der Waals surface area contributed by atoms with Gasteiger partial charge in [0, 0.05) is 12.5 Å². The van der Waals surface area contributed by atoms with Crippen molar-refractivity contribution in [1.29, 1.82) is 0 Å². The number of carbonyl (C=O) groups excluding carboxylic acids is 1. The van der Waals surface area contributed by atoms with Crippen LogP contribution in [0.3, 0.4) is 0 Å². The number of hydrogen-bond acceptors (Lipinski definition) is 3. The molecule has 4 heteroatoms. The zero-order valence-electron chi connectivity index (χ0n) is 12.9. The molecule has 1 rings (SSSR count). The third-order valence-corrected chi connectivity index (χ3v) is 4.36. The van der Waals surface area contributed by atoms with E-state index in [9.17, 15) is 9.90 Å². The lowest BCUT2D eigenvalue weighted by Gasteiger charge is -2.33. The van der Waals surface area contributed by atoms with E-state index in [0.717, 1.165) is 19.3 Å². The van der Waals surface area contributed by atoms with Crippen molar-refractivity contribution in [3.05, 3.63) is 0 Å². The van der Waals surface area contributed by atoms with E-state index in [1.165, 1.54) is 0 Å². The Kier molecular flexibility index (Phi) is 5.81. The fourth-order valence-corrected chi connectivity index (χ4v) is 2.64. The Morgan fingerprint density at radius 2 is 1.95 bits per heavy atom. The van der Waals surface area contributed by atoms with E-state index in [1.54, 1.807) is 6.92 Å². The van der Waals surface area contributed by atoms with Gasteiger partial charge in [-0.3, -0.25) is 4.79 Å². The minimum absolute atomic E-state index is 0.00600. The molecule has 0 saturated carbocycles. The van der Waals surface area contributed by atoms with Gasteiger partial charge in [0.05, 0.1) is 17.8 Å². The molecule has 2 N–H and O–H groups in total. The van der Waals surface area contributed by atoms with E-state index in [-0.39, 0.29) is 30.0 Å². The second kappa shape index (κ2) is 6.71. The van der Waals surface area contributed by atoms with Crippen molar-refractivity contribution < 1.29 is 14.6 Å². The molecule has 1 aliphatic rings. The molecule has 112 valence electrons. The molecular formula is C15H29NO3. The molecule has 0 aromatic heterocycles. The summed E-state index contributed by atoms with van der Waals surface area (Å²) in [6.45, 7) is 10.2. The van der Waals surface area contributed by atoms with Gasteiger partial charge in [-0.2, -0.15) is 0 Å². The molecule has 0 aromatic rings. The van der Waals surface area contributed by atoms with Gasteiger partial charge in [0.2, 0.25) is 5.91 Å². The maximum atomic E-state index is 12.2. The summed E-state index contributed by atoms with van der Waals surface area (Å²) in [5.41, 5.74) is -0.840. The highest BCUT2D eigenvalue weighted by Crippen LogP contribution is 2.25. The Morgan fingerprint density at radius 1 is 1.42 bits per heavy atom. The number of nitrogens with one attached hydrogen (secondary N) is 1. The lowest BCUT2D eigenvalue weighted by molar-refractivity contribution is -0.134. The second-order valence-electron chi connectivity index (χ2n) is 6.31. The SMILES string of the molecule is CCC(C)C(C)(O)CNC(=O)C1CC(C)OC(C)C1. The molecule has 1 aliphatic heterocycles. The summed E-state index contributed by atoms with van der Waals surface area (Å²) in [6, 6.07) is 0. The first kappa shape index (κ1) is 16.4. The molecule has 0 aromatic carbocycles. The fraction of sp³-hybridized carbons (Fsp3) is 0.933. The van der Waals surface area contributed by atoms with Crippen LogP contribution in [0.4, 0.5) is 0 Å². The van der Waals surface area contributed by atoms with Crippen LogP contribution < -0.4 is 5.32 Å². The molecule has 4 nitrogen and oxygen atoms in total. The molecule has 1 saturated heterocycles. The maximum absolute atomic E-state index is 12.2. The third kappa shape index (κ3) is 4.77. The summed E-state index contributed by atoms with van der Waals surface area (Å²) in [4.78, 5) is 12.2. The topological polar surface area (TPSA) is 58.6 Å². The van der Waals surface area contributed by atoms with Gasteiger partial charge in [-0.05, 0) is 39.5 Å². The predicted molar refractivity (Wildman–Crippen MR) is 75.8 cm³/mol. The monoisotopic (exact) mass is 271 g/mol. The van der Waals surface area contributed by atoms with Crippen LogP contribution in [0.5, 0.6) is 0 Å². The fourth-order valence-electron chi connectivity index (χ4n) is 2.64. The normalized spacial score (nSPS) is 32.4. The van der Waals surface area contributed by atoms with Gasteiger partial charge in [0.15, 0.2) is 0 Å². The van der Waals surface area contributed by atoms with Crippen LogP contribution in [0.15, 0.2) is 0 Å². The van der Waals surface area contributed by atoms with Crippen molar-refractivity contribution in [1.82, 2.24) is 5.32 Å². The van der Waals surface area contributed by atoms with Crippen LogP contribution in [0.1, 0.15) is 53.9 Å². The van der Waals surface area contributed by atoms with Crippen molar-refractivity contribution in [3.63, 3.8) is 0 Å². The molecule has 1 amide bonds. The molecular weight excluding hydrogens is 242 g/mol. The maximum Gasteiger partial charge on any atom is 0.223 e. The van der Waals surface area contributed by atoms with Gasteiger partial charge in [0.1, 0.15) is 0 Å². The predicted octanol–water partition coefficient (Wildman–Crippen LogP) is 2.10. The van der Waals surface area contributed by atoms with E-state index in [0.29, 0.717) is 6.54 Å². The Bertz CT molecular complexity index is 294. The van der Waals surface area contributed by atoms with Crippen LogP contribution in [0.2, 0.25) is 0 Å². The van der Waals surface area contributed by atoms with Gasteiger partial charge in [-0.1, -0.05) is 20.3 Å². The Hall–Kier alpha value is -0.610. The molecule has 4 atom stereocenters. The zero-order chi connectivity index (χ0) is 14.6. The molecule has 0 spiro atoms. The molecule has 1 fully saturated rings. The van der Waals surface area contributed by atoms with Crippen molar-refractivity contribution in [2.75, 3.05) is 6.54 Å². The van der Waals surface area contributed by atoms with Crippen molar-refractivity contribution in [3.8, 4) is 0 Å². The molecule has 0 aliphatic carbocycles. The molecule has 0 radical (unpaired) electrons. The smallest absolute Gasteiger partial charge is 0.223 e. The van der Waals surface area contributed by atoms with E-state index >= 15 is 0 Å². The molecule has 1 heterocycles. The van der Waals surface area contributed by atoms with Gasteiger partial charge in [-0.25, -0.2) is 0 Å². The standard InChI is InChI=1S/C15H29NO3/c1-6-10(2)15(5,18)9-16-14(17)13-7-11(3)19-12(4)8-13/h10-13,18H,6-9H2,1-5H3,(H,16,17). The average Bonchev–Trinajstić information content (AvgIpc) is 2.33. The van der Waals surface area contributed by atoms with Gasteiger partial charge in [-0.15, -0.1) is 0 Å². The Labute approximate surface area is 116 Å². The van der Waals surface area contributed by atoms with E-state index in [4.69, 9.17) is 4.74 Å². The van der Waals surface area contributed by atoms with Crippen LogP contribution in [-0.2, 0) is 9.53 Å². The Balaban J connectivity index is 2.47. The molecule has 4 unspecified atom stereocenters. The van der Waals surface area contributed by atoms with Crippen molar-refractivity contribution in [2.24, 2.45) is 11.8 Å². The van der Waals surface area contributed by atoms with Crippen molar-refractivity contribution in [2.45, 2.75) is 71.7 Å². The van der Waals surface area contributed by atoms with Crippen LogP contribution in [0.25, 0.3) is 0 Å². The van der Waals surface area contributed by atoms with Crippen LogP contribution in [-0.4, -0.2) is 35.4 Å². The minimum Gasteiger partial charge on any atom is -0.388 e. The van der Waals surface area contributed by atoms with Gasteiger partial charge < -0.3 is 15.2 Å². The van der Waals surface area contributed by atoms with Gasteiger partial charge >= 0.3 is 0 Å². The van der Waals surface area contributed by atoms with Crippen LogP contribution >= 0.6 is 0 Å². The first-order chi connectivity index (χ1) is 8.76. The summed E-state index contributed by atoms with van der Waals surface area (Å²) < 4.78 is 5.64. The Morgan fingerprint density at radius 3 is 2.42 bits per heavy atom. The number of carbonyl (C=O) groups is 1. The third-order valence-electron chi connectivity index (χ3n) is 4.36. The quantitative estimate of drug-likeness (QED) is 0.805. The van der Waals surface area contributed by atoms with Crippen LogP contribution in [0, 0.1) is 11.8 Å². The summed E-state index contributed by atoms with van der Waals surface area (Å²) >= 11 is 0. The summed E-state index contributed by atoms with van der Waals surface area (Å²) in [5.74, 6) is 0.220. The number of rotatable bonds is 5. The molecule has 19 heavy (non-hydrogen) atoms. The van der Waals surface area contributed by atoms with E-state index < -0.39 is 5.60 Å². The molecule has 0 bridgehead atoms. The highest BCUT2D eigenvalue weighted by atomic mass is 16.5. The minimum atomic E-state index is -0.840. The summed E-state index contributed by atoms with van der Waals surface area (Å²) in [5, 5.41) is 13.2. The van der Waals surface area contributed by atoms with Gasteiger partial charge in [0.25, 0.3) is 0 Å². The highest BCUT2D eigenvalue weighted by molar-refractivity contribution is 5.78. The van der Waals surface area contributed by atoms with Crippen molar-refractivity contribution >= 4 is 5.91 Å². The first-order valence-corrected chi connectivity index (χ1v) is 7.41.